The first-order valence-corrected chi connectivity index (χ1v) is 11.7. The number of rotatable bonds is 6. The standard InChI is InChI=1S/C27H28F3N3O4/c1-26(2,3)37-23(34)16-32-15-18-7-5-6-8-20(18)24(32)22-13-21(27(28,29)30)25(35)33(31-22)14-17-9-11-19(36-4)12-10-17/h5-13,24H,14-16H2,1-4H3. The Hall–Kier alpha value is -3.66. The van der Waals surface area contributed by atoms with E-state index in [0.717, 1.165) is 21.9 Å². The molecule has 0 radical (unpaired) electrons. The summed E-state index contributed by atoms with van der Waals surface area (Å²) >= 11 is 0. The van der Waals surface area contributed by atoms with Crippen LogP contribution in [-0.4, -0.2) is 39.9 Å². The van der Waals surface area contributed by atoms with Crippen LogP contribution in [0.5, 0.6) is 5.75 Å². The maximum Gasteiger partial charge on any atom is 0.421 e. The first-order valence-electron chi connectivity index (χ1n) is 11.7. The van der Waals surface area contributed by atoms with Gasteiger partial charge in [0.1, 0.15) is 16.9 Å². The molecule has 3 aromatic rings. The highest BCUT2D eigenvalue weighted by Crippen LogP contribution is 2.39. The van der Waals surface area contributed by atoms with Crippen LogP contribution in [0.1, 0.15) is 54.8 Å². The van der Waals surface area contributed by atoms with E-state index in [1.165, 1.54) is 7.11 Å². The summed E-state index contributed by atoms with van der Waals surface area (Å²) in [7, 11) is 1.50. The molecule has 2 aromatic carbocycles. The predicted octanol–water partition coefficient (Wildman–Crippen LogP) is 4.57. The molecule has 4 rings (SSSR count). The molecule has 1 aliphatic rings. The number of aromatic nitrogens is 2. The molecule has 0 saturated heterocycles. The number of hydrogen-bond donors (Lipinski definition) is 0. The van der Waals surface area contributed by atoms with Crippen LogP contribution in [-0.2, 0) is 28.8 Å². The molecule has 7 nitrogen and oxygen atoms in total. The lowest BCUT2D eigenvalue weighted by Gasteiger charge is -2.27. The lowest BCUT2D eigenvalue weighted by Crippen LogP contribution is -2.37. The van der Waals surface area contributed by atoms with Crippen molar-refractivity contribution in [2.24, 2.45) is 0 Å². The van der Waals surface area contributed by atoms with Crippen LogP contribution in [0.3, 0.4) is 0 Å². The highest BCUT2D eigenvalue weighted by Gasteiger charge is 2.39. The molecule has 0 N–H and O–H groups in total. The van der Waals surface area contributed by atoms with Crippen LogP contribution in [0.2, 0.25) is 0 Å². The van der Waals surface area contributed by atoms with Crippen molar-refractivity contribution in [2.45, 2.75) is 51.7 Å². The molecule has 0 saturated carbocycles. The number of halogens is 3. The van der Waals surface area contributed by atoms with Crippen LogP contribution >= 0.6 is 0 Å². The number of carbonyl (C=O) groups excluding carboxylic acids is 1. The van der Waals surface area contributed by atoms with Crippen LogP contribution in [0, 0.1) is 0 Å². The Labute approximate surface area is 212 Å². The largest absolute Gasteiger partial charge is 0.497 e. The van der Waals surface area contributed by atoms with E-state index in [-0.39, 0.29) is 18.8 Å². The summed E-state index contributed by atoms with van der Waals surface area (Å²) in [6.07, 6.45) is -4.88. The van der Waals surface area contributed by atoms with Gasteiger partial charge in [-0.05, 0) is 55.7 Å². The first kappa shape index (κ1) is 26.4. The second kappa shape index (κ2) is 10.0. The number of alkyl halides is 3. The van der Waals surface area contributed by atoms with Crippen molar-refractivity contribution in [3.05, 3.63) is 92.9 Å². The van der Waals surface area contributed by atoms with E-state index in [9.17, 15) is 22.8 Å². The lowest BCUT2D eigenvalue weighted by atomic mass is 10.0. The van der Waals surface area contributed by atoms with E-state index in [1.54, 1.807) is 62.1 Å². The molecule has 1 unspecified atom stereocenters. The minimum absolute atomic E-state index is 0.0222. The zero-order chi connectivity index (χ0) is 27.0. The van der Waals surface area contributed by atoms with Crippen LogP contribution < -0.4 is 10.3 Å². The maximum absolute atomic E-state index is 14.0. The monoisotopic (exact) mass is 515 g/mol. The van der Waals surface area contributed by atoms with Crippen molar-refractivity contribution in [3.63, 3.8) is 0 Å². The second-order valence-corrected chi connectivity index (χ2v) is 9.88. The Bertz CT molecular complexity index is 1340. The summed E-state index contributed by atoms with van der Waals surface area (Å²) in [6, 6.07) is 13.9. The average Bonchev–Trinajstić information content (AvgIpc) is 3.16. The van der Waals surface area contributed by atoms with Crippen LogP contribution in [0.15, 0.2) is 59.4 Å². The van der Waals surface area contributed by atoms with Crippen LogP contribution in [0.4, 0.5) is 13.2 Å². The van der Waals surface area contributed by atoms with Crippen molar-refractivity contribution in [2.75, 3.05) is 13.7 Å². The molecule has 0 amide bonds. The van der Waals surface area contributed by atoms with Gasteiger partial charge in [0.25, 0.3) is 5.56 Å². The number of methoxy groups -OCH3 is 1. The van der Waals surface area contributed by atoms with Crippen molar-refractivity contribution in [3.8, 4) is 5.75 Å². The molecule has 196 valence electrons. The fourth-order valence-electron chi connectivity index (χ4n) is 4.39. The molecule has 0 bridgehead atoms. The summed E-state index contributed by atoms with van der Waals surface area (Å²) in [5.41, 5.74) is -1.08. The molecular weight excluding hydrogens is 487 g/mol. The van der Waals surface area contributed by atoms with Gasteiger partial charge in [0, 0.05) is 6.54 Å². The summed E-state index contributed by atoms with van der Waals surface area (Å²) in [5, 5.41) is 4.38. The van der Waals surface area contributed by atoms with Gasteiger partial charge in [0.2, 0.25) is 0 Å². The Kier molecular flexibility index (Phi) is 7.14. The van der Waals surface area contributed by atoms with Gasteiger partial charge < -0.3 is 9.47 Å². The molecule has 1 atom stereocenters. The number of fused-ring (bicyclic) bond motifs is 1. The number of carbonyl (C=O) groups is 1. The van der Waals surface area contributed by atoms with E-state index >= 15 is 0 Å². The van der Waals surface area contributed by atoms with E-state index in [0.29, 0.717) is 17.9 Å². The number of esters is 1. The third-order valence-corrected chi connectivity index (χ3v) is 5.91. The third-order valence-electron chi connectivity index (χ3n) is 5.91. The molecule has 10 heteroatoms. The van der Waals surface area contributed by atoms with Gasteiger partial charge in [-0.15, -0.1) is 0 Å². The molecular formula is C27H28F3N3O4. The van der Waals surface area contributed by atoms with Crippen molar-refractivity contribution in [1.82, 2.24) is 14.7 Å². The van der Waals surface area contributed by atoms with Gasteiger partial charge in [-0.2, -0.15) is 18.3 Å². The summed E-state index contributed by atoms with van der Waals surface area (Å²) < 4.78 is 53.3. The van der Waals surface area contributed by atoms with Gasteiger partial charge in [0.05, 0.1) is 31.9 Å². The second-order valence-electron chi connectivity index (χ2n) is 9.88. The minimum atomic E-state index is -4.88. The number of benzene rings is 2. The predicted molar refractivity (Wildman–Crippen MR) is 130 cm³/mol. The third kappa shape index (κ3) is 6.02. The van der Waals surface area contributed by atoms with Crippen molar-refractivity contribution in [1.29, 1.82) is 0 Å². The maximum atomic E-state index is 14.0. The van der Waals surface area contributed by atoms with Gasteiger partial charge in [0.15, 0.2) is 0 Å². The number of nitrogens with zero attached hydrogens (tertiary/aromatic N) is 3. The summed E-state index contributed by atoms with van der Waals surface area (Å²) in [5.74, 6) is 0.0713. The van der Waals surface area contributed by atoms with E-state index in [2.05, 4.69) is 5.10 Å². The Balaban J connectivity index is 1.79. The molecule has 2 heterocycles. The molecule has 37 heavy (non-hydrogen) atoms. The topological polar surface area (TPSA) is 73.7 Å². The zero-order valence-corrected chi connectivity index (χ0v) is 21.0. The molecule has 1 aliphatic heterocycles. The van der Waals surface area contributed by atoms with Gasteiger partial charge in [-0.3, -0.25) is 14.5 Å². The van der Waals surface area contributed by atoms with Crippen molar-refractivity contribution >= 4 is 5.97 Å². The first-order chi connectivity index (χ1) is 17.4. The van der Waals surface area contributed by atoms with Crippen LogP contribution in [0.25, 0.3) is 0 Å². The highest BCUT2D eigenvalue weighted by molar-refractivity contribution is 5.72. The molecule has 0 aliphatic carbocycles. The fourth-order valence-corrected chi connectivity index (χ4v) is 4.39. The van der Waals surface area contributed by atoms with E-state index in [1.807, 2.05) is 12.1 Å². The minimum Gasteiger partial charge on any atom is -0.497 e. The smallest absolute Gasteiger partial charge is 0.421 e. The quantitative estimate of drug-likeness (QED) is 0.448. The Morgan fingerprint density at radius 3 is 2.38 bits per heavy atom. The average molecular weight is 516 g/mol. The van der Waals surface area contributed by atoms with Gasteiger partial charge >= 0.3 is 12.1 Å². The zero-order valence-electron chi connectivity index (χ0n) is 21.0. The lowest BCUT2D eigenvalue weighted by molar-refractivity contribution is -0.156. The normalized spacial score (nSPS) is 15.9. The van der Waals surface area contributed by atoms with Gasteiger partial charge in [-0.25, -0.2) is 4.68 Å². The SMILES string of the molecule is COc1ccc(Cn2nc(C3c4ccccc4CN3CC(=O)OC(C)(C)C)cc(C(F)(F)F)c2=O)cc1. The highest BCUT2D eigenvalue weighted by atomic mass is 19.4. The number of ether oxygens (including phenoxy) is 2. The van der Waals surface area contributed by atoms with Gasteiger partial charge in [-0.1, -0.05) is 36.4 Å². The Morgan fingerprint density at radius 2 is 1.76 bits per heavy atom. The van der Waals surface area contributed by atoms with E-state index < -0.39 is 34.9 Å². The fraction of sp³-hybridized carbons (Fsp3) is 0.370. The molecule has 0 fully saturated rings. The summed E-state index contributed by atoms with van der Waals surface area (Å²) in [6.45, 7) is 5.23. The van der Waals surface area contributed by atoms with E-state index in [4.69, 9.17) is 9.47 Å². The Morgan fingerprint density at radius 1 is 1.08 bits per heavy atom. The number of hydrogen-bond acceptors (Lipinski definition) is 6. The molecule has 1 aromatic heterocycles. The summed E-state index contributed by atoms with van der Waals surface area (Å²) in [4.78, 5) is 27.2. The molecule has 0 spiro atoms. The van der Waals surface area contributed by atoms with Crippen molar-refractivity contribution < 1.29 is 27.4 Å².